The molecule has 1 aromatic rings. The molecule has 1 fully saturated rings. The van der Waals surface area contributed by atoms with Gasteiger partial charge in [-0.05, 0) is 43.9 Å². The van der Waals surface area contributed by atoms with Crippen molar-refractivity contribution >= 4 is 25.7 Å². The minimum absolute atomic E-state index is 0.00346. The Bertz CT molecular complexity index is 666. The second kappa shape index (κ2) is 5.50. The molecule has 3 rings (SSSR count). The lowest BCUT2D eigenvalue weighted by Gasteiger charge is -2.30. The van der Waals surface area contributed by atoms with Gasteiger partial charge in [0.15, 0.2) is 0 Å². The summed E-state index contributed by atoms with van der Waals surface area (Å²) in [6.07, 6.45) is 3.36. The second-order valence-corrected chi connectivity index (χ2v) is 7.88. The molecule has 1 heterocycles. The largest absolute Gasteiger partial charge is 0.493 e. The van der Waals surface area contributed by atoms with Crippen LogP contribution < -0.4 is 4.74 Å². The summed E-state index contributed by atoms with van der Waals surface area (Å²) in [5.41, 5.74) is 0.535. The van der Waals surface area contributed by atoms with Crippen LogP contribution in [0, 0.1) is 0 Å². The topological polar surface area (TPSA) is 69.7 Å². The van der Waals surface area contributed by atoms with Crippen LogP contribution in [-0.2, 0) is 18.6 Å². The lowest BCUT2D eigenvalue weighted by Crippen LogP contribution is -2.30. The molecule has 1 saturated carbocycles. The SMILES string of the molecule is O=C(OC1CCC1)C1CCOc2ccc(S(=O)(=O)Cl)cc21. The van der Waals surface area contributed by atoms with Crippen molar-refractivity contribution in [3.05, 3.63) is 23.8 Å². The van der Waals surface area contributed by atoms with Crippen LogP contribution in [0.5, 0.6) is 5.75 Å². The Morgan fingerprint density at radius 1 is 1.29 bits per heavy atom. The molecule has 0 N–H and O–H groups in total. The Morgan fingerprint density at radius 3 is 2.67 bits per heavy atom. The number of benzene rings is 1. The molecule has 1 aromatic carbocycles. The summed E-state index contributed by atoms with van der Waals surface area (Å²) < 4.78 is 33.8. The van der Waals surface area contributed by atoms with Crippen molar-refractivity contribution < 1.29 is 22.7 Å². The van der Waals surface area contributed by atoms with E-state index in [1.54, 1.807) is 0 Å². The molecular weight excluding hydrogens is 316 g/mol. The minimum Gasteiger partial charge on any atom is -0.493 e. The first-order valence-electron chi connectivity index (χ1n) is 6.87. The zero-order chi connectivity index (χ0) is 15.0. The maximum absolute atomic E-state index is 12.3. The number of carbonyl (C=O) groups is 1. The summed E-state index contributed by atoms with van der Waals surface area (Å²) in [6.45, 7) is 0.407. The Labute approximate surface area is 127 Å². The van der Waals surface area contributed by atoms with E-state index in [4.69, 9.17) is 20.2 Å². The number of esters is 1. The molecule has 2 aliphatic rings. The monoisotopic (exact) mass is 330 g/mol. The molecule has 0 aromatic heterocycles. The van der Waals surface area contributed by atoms with Crippen molar-refractivity contribution in [2.75, 3.05) is 6.61 Å². The molecule has 1 aliphatic carbocycles. The lowest BCUT2D eigenvalue weighted by molar-refractivity contribution is -0.155. The Kier molecular flexibility index (Phi) is 3.84. The fraction of sp³-hybridized carbons (Fsp3) is 0.500. The predicted octanol–water partition coefficient (Wildman–Crippen LogP) is 2.58. The summed E-state index contributed by atoms with van der Waals surface area (Å²) in [7, 11) is 1.52. The van der Waals surface area contributed by atoms with Gasteiger partial charge in [-0.15, -0.1) is 0 Å². The Morgan fingerprint density at radius 2 is 2.05 bits per heavy atom. The number of rotatable bonds is 3. The molecule has 0 amide bonds. The number of halogens is 1. The van der Waals surface area contributed by atoms with E-state index in [0.717, 1.165) is 19.3 Å². The van der Waals surface area contributed by atoms with Crippen LogP contribution in [0.15, 0.2) is 23.1 Å². The molecular formula is C14H15ClO5S. The molecule has 5 nitrogen and oxygen atoms in total. The van der Waals surface area contributed by atoms with Crippen LogP contribution in [0.1, 0.15) is 37.2 Å². The van der Waals surface area contributed by atoms with E-state index in [9.17, 15) is 13.2 Å². The zero-order valence-corrected chi connectivity index (χ0v) is 12.8. The van der Waals surface area contributed by atoms with Gasteiger partial charge >= 0.3 is 5.97 Å². The van der Waals surface area contributed by atoms with Gasteiger partial charge in [-0.25, -0.2) is 8.42 Å². The molecule has 0 saturated heterocycles. The van der Waals surface area contributed by atoms with Gasteiger partial charge in [0.1, 0.15) is 11.9 Å². The molecule has 0 radical (unpaired) electrons. The molecule has 1 aliphatic heterocycles. The summed E-state index contributed by atoms with van der Waals surface area (Å²) in [4.78, 5) is 12.2. The quantitative estimate of drug-likeness (QED) is 0.629. The highest BCUT2D eigenvalue weighted by Gasteiger charge is 2.33. The third-order valence-electron chi connectivity index (χ3n) is 3.92. The average Bonchev–Trinajstić information content (AvgIpc) is 2.40. The Hall–Kier alpha value is -1.27. The van der Waals surface area contributed by atoms with Crippen LogP contribution in [0.4, 0.5) is 0 Å². The molecule has 0 bridgehead atoms. The number of hydrogen-bond donors (Lipinski definition) is 0. The highest BCUT2D eigenvalue weighted by atomic mass is 35.7. The fourth-order valence-electron chi connectivity index (χ4n) is 2.50. The standard InChI is InChI=1S/C14H15ClO5S/c15-21(17,18)10-4-5-13-12(8-10)11(6-7-19-13)14(16)20-9-2-1-3-9/h4-5,8-9,11H,1-3,6-7H2. The van der Waals surface area contributed by atoms with E-state index in [1.165, 1.54) is 18.2 Å². The summed E-state index contributed by atoms with van der Waals surface area (Å²) in [6, 6.07) is 4.32. The number of fused-ring (bicyclic) bond motifs is 1. The normalized spacial score (nSPS) is 21.9. The summed E-state index contributed by atoms with van der Waals surface area (Å²) in [5, 5.41) is 0. The van der Waals surface area contributed by atoms with Crippen molar-refractivity contribution in [3.8, 4) is 5.75 Å². The first-order chi connectivity index (χ1) is 9.95. The van der Waals surface area contributed by atoms with Gasteiger partial charge in [-0.1, -0.05) is 0 Å². The summed E-state index contributed by atoms with van der Waals surface area (Å²) in [5.74, 6) is -0.290. The second-order valence-electron chi connectivity index (χ2n) is 5.32. The van der Waals surface area contributed by atoms with Gasteiger partial charge in [0.2, 0.25) is 0 Å². The van der Waals surface area contributed by atoms with E-state index < -0.39 is 15.0 Å². The first-order valence-corrected chi connectivity index (χ1v) is 9.18. The lowest BCUT2D eigenvalue weighted by atomic mass is 9.92. The van der Waals surface area contributed by atoms with Crippen molar-refractivity contribution in [1.82, 2.24) is 0 Å². The van der Waals surface area contributed by atoms with Crippen LogP contribution in [0.2, 0.25) is 0 Å². The highest BCUT2D eigenvalue weighted by Crippen LogP contribution is 2.37. The average molecular weight is 331 g/mol. The van der Waals surface area contributed by atoms with Crippen LogP contribution in [-0.4, -0.2) is 27.1 Å². The molecule has 114 valence electrons. The van der Waals surface area contributed by atoms with E-state index in [1.807, 2.05) is 0 Å². The summed E-state index contributed by atoms with van der Waals surface area (Å²) >= 11 is 0. The third kappa shape index (κ3) is 3.01. The third-order valence-corrected chi connectivity index (χ3v) is 5.27. The van der Waals surface area contributed by atoms with Crippen LogP contribution in [0.25, 0.3) is 0 Å². The Balaban J connectivity index is 1.90. The van der Waals surface area contributed by atoms with Gasteiger partial charge < -0.3 is 9.47 Å². The van der Waals surface area contributed by atoms with Gasteiger partial charge in [-0.2, -0.15) is 0 Å². The minimum atomic E-state index is -3.84. The van der Waals surface area contributed by atoms with E-state index in [2.05, 4.69) is 0 Å². The van der Waals surface area contributed by atoms with Crippen LogP contribution >= 0.6 is 10.7 Å². The van der Waals surface area contributed by atoms with Gasteiger partial charge in [-0.3, -0.25) is 4.79 Å². The van der Waals surface area contributed by atoms with Crippen molar-refractivity contribution in [3.63, 3.8) is 0 Å². The number of carbonyl (C=O) groups excluding carboxylic acids is 1. The van der Waals surface area contributed by atoms with E-state index in [0.29, 0.717) is 24.3 Å². The maximum Gasteiger partial charge on any atom is 0.313 e. The van der Waals surface area contributed by atoms with E-state index in [-0.39, 0.29) is 17.0 Å². The van der Waals surface area contributed by atoms with Gasteiger partial charge in [0.05, 0.1) is 17.4 Å². The number of hydrogen-bond acceptors (Lipinski definition) is 5. The molecule has 1 atom stereocenters. The van der Waals surface area contributed by atoms with Crippen molar-refractivity contribution in [2.24, 2.45) is 0 Å². The van der Waals surface area contributed by atoms with Gasteiger partial charge in [0.25, 0.3) is 9.05 Å². The highest BCUT2D eigenvalue weighted by molar-refractivity contribution is 8.13. The molecule has 7 heteroatoms. The van der Waals surface area contributed by atoms with Crippen LogP contribution in [0.3, 0.4) is 0 Å². The molecule has 1 unspecified atom stereocenters. The smallest absolute Gasteiger partial charge is 0.313 e. The first kappa shape index (κ1) is 14.7. The van der Waals surface area contributed by atoms with Gasteiger partial charge in [0, 0.05) is 16.2 Å². The van der Waals surface area contributed by atoms with E-state index >= 15 is 0 Å². The predicted molar refractivity (Wildman–Crippen MR) is 76.1 cm³/mol. The van der Waals surface area contributed by atoms with Crippen molar-refractivity contribution in [1.29, 1.82) is 0 Å². The zero-order valence-electron chi connectivity index (χ0n) is 11.2. The fourth-order valence-corrected chi connectivity index (χ4v) is 3.29. The molecule has 0 spiro atoms. The number of ether oxygens (including phenoxy) is 2. The molecule has 21 heavy (non-hydrogen) atoms. The van der Waals surface area contributed by atoms with Crippen molar-refractivity contribution in [2.45, 2.75) is 42.6 Å². The maximum atomic E-state index is 12.3.